The van der Waals surface area contributed by atoms with Crippen LogP contribution in [-0.2, 0) is 4.79 Å². The number of carboxylic acids is 1. The Hall–Kier alpha value is -3.75. The summed E-state index contributed by atoms with van der Waals surface area (Å²) in [6.07, 6.45) is 5.51. The molecule has 4 N–H and O–H groups in total. The lowest BCUT2D eigenvalue weighted by molar-refractivity contribution is -0.139. The summed E-state index contributed by atoms with van der Waals surface area (Å²) in [7, 11) is 0. The minimum Gasteiger partial charge on any atom is -0.479 e. The number of nitrogens with two attached hydrogens (primary N) is 1. The summed E-state index contributed by atoms with van der Waals surface area (Å²) in [6.45, 7) is 0. The van der Waals surface area contributed by atoms with Crippen LogP contribution in [0.1, 0.15) is 22.1 Å². The van der Waals surface area contributed by atoms with Gasteiger partial charge in [-0.25, -0.2) is 14.8 Å². The van der Waals surface area contributed by atoms with Crippen LogP contribution in [0.15, 0.2) is 55.1 Å². The molecule has 25 heavy (non-hydrogen) atoms. The molecule has 9 nitrogen and oxygen atoms in total. The van der Waals surface area contributed by atoms with Gasteiger partial charge in [-0.15, -0.1) is 0 Å². The van der Waals surface area contributed by atoms with Crippen molar-refractivity contribution in [2.75, 3.05) is 11.1 Å². The molecule has 0 aliphatic rings. The van der Waals surface area contributed by atoms with E-state index in [-0.39, 0.29) is 11.5 Å². The molecule has 126 valence electrons. The summed E-state index contributed by atoms with van der Waals surface area (Å²) in [4.78, 5) is 31.5. The maximum Gasteiger partial charge on any atom is 0.333 e. The van der Waals surface area contributed by atoms with E-state index < -0.39 is 17.9 Å². The maximum absolute atomic E-state index is 12.2. The molecule has 0 aliphatic carbocycles. The number of anilines is 2. The molecule has 1 unspecified atom stereocenters. The van der Waals surface area contributed by atoms with Gasteiger partial charge in [-0.05, 0) is 5.56 Å². The van der Waals surface area contributed by atoms with Gasteiger partial charge in [-0.1, -0.05) is 30.3 Å². The molecule has 0 spiro atoms. The van der Waals surface area contributed by atoms with Crippen LogP contribution < -0.4 is 11.1 Å². The van der Waals surface area contributed by atoms with Gasteiger partial charge in [0.2, 0.25) is 0 Å². The summed E-state index contributed by atoms with van der Waals surface area (Å²) >= 11 is 0. The van der Waals surface area contributed by atoms with Gasteiger partial charge in [0, 0.05) is 18.6 Å². The first-order valence-corrected chi connectivity index (χ1v) is 7.26. The molecule has 0 radical (unpaired) electrons. The fourth-order valence-corrected chi connectivity index (χ4v) is 2.30. The molecule has 1 atom stereocenters. The van der Waals surface area contributed by atoms with Crippen molar-refractivity contribution < 1.29 is 14.7 Å². The van der Waals surface area contributed by atoms with Crippen LogP contribution >= 0.6 is 0 Å². The standard InChI is InChI=1S/C16H14N6O3/c17-14-12(18-6-7-19-14)15(23)21-11-8-20-22(9-11)13(16(24)25)10-4-2-1-3-5-10/h1-9,13H,(H2,17,19)(H,21,23)(H,24,25). The second-order valence-electron chi connectivity index (χ2n) is 5.10. The Morgan fingerprint density at radius 1 is 1.16 bits per heavy atom. The Bertz CT molecular complexity index is 909. The van der Waals surface area contributed by atoms with Crippen molar-refractivity contribution in [3.63, 3.8) is 0 Å². The van der Waals surface area contributed by atoms with Gasteiger partial charge >= 0.3 is 5.97 Å². The second kappa shape index (κ2) is 6.79. The highest BCUT2D eigenvalue weighted by Crippen LogP contribution is 2.20. The van der Waals surface area contributed by atoms with Gasteiger partial charge in [-0.2, -0.15) is 5.10 Å². The minimum atomic E-state index is -1.06. The number of rotatable bonds is 5. The molecule has 3 aromatic rings. The molecule has 1 aromatic carbocycles. The molecular weight excluding hydrogens is 324 g/mol. The number of hydrogen-bond acceptors (Lipinski definition) is 6. The van der Waals surface area contributed by atoms with Crippen LogP contribution in [0.2, 0.25) is 0 Å². The molecule has 0 saturated carbocycles. The molecular formula is C16H14N6O3. The summed E-state index contributed by atoms with van der Waals surface area (Å²) < 4.78 is 1.26. The van der Waals surface area contributed by atoms with Gasteiger partial charge in [-0.3, -0.25) is 9.48 Å². The van der Waals surface area contributed by atoms with E-state index in [2.05, 4.69) is 20.4 Å². The normalized spacial score (nSPS) is 11.7. The van der Waals surface area contributed by atoms with E-state index in [0.29, 0.717) is 11.3 Å². The van der Waals surface area contributed by atoms with Crippen LogP contribution in [-0.4, -0.2) is 36.7 Å². The minimum absolute atomic E-state index is 0.0000832. The fourth-order valence-electron chi connectivity index (χ4n) is 2.30. The number of aromatic nitrogens is 4. The molecule has 0 saturated heterocycles. The number of nitrogens with zero attached hydrogens (tertiary/aromatic N) is 4. The monoisotopic (exact) mass is 338 g/mol. The van der Waals surface area contributed by atoms with Crippen LogP contribution in [0, 0.1) is 0 Å². The lowest BCUT2D eigenvalue weighted by Gasteiger charge is -2.13. The Labute approximate surface area is 142 Å². The number of carboxylic acid groups (broad SMARTS) is 1. The highest BCUT2D eigenvalue weighted by molar-refractivity contribution is 6.05. The predicted molar refractivity (Wildman–Crippen MR) is 88.8 cm³/mol. The van der Waals surface area contributed by atoms with Gasteiger partial charge in [0.25, 0.3) is 5.91 Å². The predicted octanol–water partition coefficient (Wildman–Crippen LogP) is 1.18. The first kappa shape index (κ1) is 16.1. The molecule has 0 fully saturated rings. The summed E-state index contributed by atoms with van der Waals surface area (Å²) in [5, 5.41) is 16.1. The Balaban J connectivity index is 1.83. The summed E-state index contributed by atoms with van der Waals surface area (Å²) in [5.74, 6) is -1.62. The second-order valence-corrected chi connectivity index (χ2v) is 5.10. The third kappa shape index (κ3) is 3.44. The number of nitrogen functional groups attached to an aromatic ring is 1. The Morgan fingerprint density at radius 3 is 2.56 bits per heavy atom. The van der Waals surface area contributed by atoms with Crippen molar-refractivity contribution in [3.05, 3.63) is 66.4 Å². The van der Waals surface area contributed by atoms with E-state index in [9.17, 15) is 14.7 Å². The van der Waals surface area contributed by atoms with Crippen molar-refractivity contribution in [1.29, 1.82) is 0 Å². The van der Waals surface area contributed by atoms with Crippen molar-refractivity contribution in [3.8, 4) is 0 Å². The quantitative estimate of drug-likeness (QED) is 0.635. The number of carbonyl (C=O) groups excluding carboxylic acids is 1. The van der Waals surface area contributed by atoms with Crippen LogP contribution in [0.4, 0.5) is 11.5 Å². The van der Waals surface area contributed by atoms with E-state index in [0.717, 1.165) is 0 Å². The molecule has 1 amide bonds. The zero-order valence-corrected chi connectivity index (χ0v) is 12.9. The number of benzene rings is 1. The summed E-state index contributed by atoms with van der Waals surface area (Å²) in [6, 6.07) is 7.66. The number of amides is 1. The molecule has 0 aliphatic heterocycles. The van der Waals surface area contributed by atoms with E-state index in [1.807, 2.05) is 0 Å². The van der Waals surface area contributed by atoms with Crippen LogP contribution in [0.5, 0.6) is 0 Å². The first-order valence-electron chi connectivity index (χ1n) is 7.26. The molecule has 9 heteroatoms. The average Bonchev–Trinajstić information content (AvgIpc) is 3.04. The van der Waals surface area contributed by atoms with Gasteiger partial charge in [0.05, 0.1) is 11.9 Å². The highest BCUT2D eigenvalue weighted by atomic mass is 16.4. The molecule has 0 bridgehead atoms. The first-order chi connectivity index (χ1) is 12.1. The fraction of sp³-hybridized carbons (Fsp3) is 0.0625. The number of aliphatic carboxylic acids is 1. The smallest absolute Gasteiger partial charge is 0.333 e. The highest BCUT2D eigenvalue weighted by Gasteiger charge is 2.23. The van der Waals surface area contributed by atoms with Crippen LogP contribution in [0.25, 0.3) is 0 Å². The zero-order valence-electron chi connectivity index (χ0n) is 12.9. The topological polar surface area (TPSA) is 136 Å². The van der Waals surface area contributed by atoms with Gasteiger partial charge < -0.3 is 16.2 Å². The number of nitrogens with one attached hydrogen (secondary N) is 1. The number of carbonyl (C=O) groups is 2. The maximum atomic E-state index is 12.2. The largest absolute Gasteiger partial charge is 0.479 e. The van der Waals surface area contributed by atoms with E-state index in [1.165, 1.54) is 29.5 Å². The van der Waals surface area contributed by atoms with Gasteiger partial charge in [0.15, 0.2) is 17.6 Å². The Morgan fingerprint density at radius 2 is 1.88 bits per heavy atom. The van der Waals surface area contributed by atoms with E-state index >= 15 is 0 Å². The summed E-state index contributed by atoms with van der Waals surface area (Å²) in [5.41, 5.74) is 6.47. The van der Waals surface area contributed by atoms with Crippen LogP contribution in [0.3, 0.4) is 0 Å². The van der Waals surface area contributed by atoms with Crippen molar-refractivity contribution in [2.45, 2.75) is 6.04 Å². The van der Waals surface area contributed by atoms with Crippen molar-refractivity contribution in [2.24, 2.45) is 0 Å². The molecule has 3 rings (SSSR count). The van der Waals surface area contributed by atoms with E-state index in [4.69, 9.17) is 5.73 Å². The van der Waals surface area contributed by atoms with E-state index in [1.54, 1.807) is 30.3 Å². The van der Waals surface area contributed by atoms with Crippen molar-refractivity contribution >= 4 is 23.4 Å². The SMILES string of the molecule is Nc1nccnc1C(=O)Nc1cnn(C(C(=O)O)c2ccccc2)c1. The van der Waals surface area contributed by atoms with Gasteiger partial charge in [0.1, 0.15) is 0 Å². The third-order valence-electron chi connectivity index (χ3n) is 3.41. The average molecular weight is 338 g/mol. The third-order valence-corrected chi connectivity index (χ3v) is 3.41. The molecule has 2 heterocycles. The lowest BCUT2D eigenvalue weighted by atomic mass is 10.1. The zero-order chi connectivity index (χ0) is 17.8. The van der Waals surface area contributed by atoms with Crippen molar-refractivity contribution in [1.82, 2.24) is 19.7 Å². The molecule has 2 aromatic heterocycles. The Kier molecular flexibility index (Phi) is 4.38. The lowest BCUT2D eigenvalue weighted by Crippen LogP contribution is -2.20. The number of hydrogen-bond donors (Lipinski definition) is 3.